The van der Waals surface area contributed by atoms with Crippen LogP contribution in [0, 0.1) is 0 Å². The van der Waals surface area contributed by atoms with Crippen molar-refractivity contribution < 1.29 is 4.74 Å². The van der Waals surface area contributed by atoms with Gasteiger partial charge in [-0.3, -0.25) is 4.98 Å². The molecule has 0 bridgehead atoms. The highest BCUT2D eigenvalue weighted by atomic mass is 32.2. The first kappa shape index (κ1) is 13.4. The third kappa shape index (κ3) is 2.94. The van der Waals surface area contributed by atoms with Crippen LogP contribution in [0.1, 0.15) is 19.3 Å². The lowest BCUT2D eigenvalue weighted by Gasteiger charge is -2.21. The minimum atomic E-state index is 0.301. The van der Waals surface area contributed by atoms with Gasteiger partial charge in [-0.2, -0.15) is 0 Å². The number of nitrogen functional groups attached to an aromatic ring is 1. The van der Waals surface area contributed by atoms with E-state index in [9.17, 15) is 0 Å². The lowest BCUT2D eigenvalue weighted by atomic mass is 10.1. The van der Waals surface area contributed by atoms with Crippen molar-refractivity contribution in [3.8, 4) is 11.4 Å². The Kier molecular flexibility index (Phi) is 4.17. The second-order valence-corrected chi connectivity index (χ2v) is 5.70. The largest absolute Gasteiger partial charge is 0.377 e. The van der Waals surface area contributed by atoms with E-state index in [1.165, 1.54) is 17.5 Å². The molecule has 20 heavy (non-hydrogen) atoms. The number of nitrogens with two attached hydrogens (primary N) is 1. The standard InChI is InChI=1S/C13H17N5OS/c14-18-12(10-4-6-15-7-5-10)16-17-13(18)20-9-11-3-1-2-8-19-11/h4-7,11H,1-3,8-9,14H2. The molecule has 0 aromatic carbocycles. The molecule has 2 aromatic heterocycles. The number of aromatic nitrogens is 4. The molecule has 0 radical (unpaired) electrons. The van der Waals surface area contributed by atoms with Crippen LogP contribution in [0.5, 0.6) is 0 Å². The van der Waals surface area contributed by atoms with Crippen LogP contribution in [-0.2, 0) is 4.74 Å². The molecule has 2 aromatic rings. The van der Waals surface area contributed by atoms with Gasteiger partial charge in [0.15, 0.2) is 5.82 Å². The van der Waals surface area contributed by atoms with Crippen molar-refractivity contribution in [3.05, 3.63) is 24.5 Å². The molecule has 1 atom stereocenters. The van der Waals surface area contributed by atoms with Gasteiger partial charge in [0, 0.05) is 30.3 Å². The molecule has 6 nitrogen and oxygen atoms in total. The molecule has 0 amide bonds. The van der Waals surface area contributed by atoms with Crippen LogP contribution in [0.2, 0.25) is 0 Å². The second kappa shape index (κ2) is 6.23. The molecule has 0 aliphatic carbocycles. The van der Waals surface area contributed by atoms with E-state index < -0.39 is 0 Å². The highest BCUT2D eigenvalue weighted by Crippen LogP contribution is 2.24. The zero-order valence-corrected chi connectivity index (χ0v) is 11.9. The van der Waals surface area contributed by atoms with Crippen molar-refractivity contribution in [2.45, 2.75) is 30.5 Å². The summed E-state index contributed by atoms with van der Waals surface area (Å²) in [6, 6.07) is 3.73. The minimum absolute atomic E-state index is 0.301. The molecule has 0 spiro atoms. The molecular weight excluding hydrogens is 274 g/mol. The summed E-state index contributed by atoms with van der Waals surface area (Å²) >= 11 is 1.59. The van der Waals surface area contributed by atoms with E-state index in [4.69, 9.17) is 10.6 Å². The Labute approximate surface area is 121 Å². The Balaban J connectivity index is 1.67. The summed E-state index contributed by atoms with van der Waals surface area (Å²) in [7, 11) is 0. The summed E-state index contributed by atoms with van der Waals surface area (Å²) in [6.07, 6.45) is 7.25. The van der Waals surface area contributed by atoms with Gasteiger partial charge in [0.05, 0.1) is 6.10 Å². The first-order valence-corrected chi connectivity index (χ1v) is 7.68. The van der Waals surface area contributed by atoms with Crippen molar-refractivity contribution in [3.63, 3.8) is 0 Å². The van der Waals surface area contributed by atoms with Crippen molar-refractivity contribution in [2.24, 2.45) is 0 Å². The van der Waals surface area contributed by atoms with E-state index in [2.05, 4.69) is 15.2 Å². The average molecular weight is 291 g/mol. The molecule has 106 valence electrons. The van der Waals surface area contributed by atoms with Crippen LogP contribution in [0.4, 0.5) is 0 Å². The van der Waals surface area contributed by atoms with Gasteiger partial charge in [-0.25, -0.2) is 4.68 Å². The number of rotatable bonds is 4. The van der Waals surface area contributed by atoms with Gasteiger partial charge < -0.3 is 10.6 Å². The van der Waals surface area contributed by atoms with E-state index >= 15 is 0 Å². The number of nitrogens with zero attached hydrogens (tertiary/aromatic N) is 4. The summed E-state index contributed by atoms with van der Waals surface area (Å²) in [5, 5.41) is 9.01. The second-order valence-electron chi connectivity index (χ2n) is 4.71. The summed E-state index contributed by atoms with van der Waals surface area (Å²) in [5.74, 6) is 7.58. The molecule has 1 saturated heterocycles. The minimum Gasteiger partial charge on any atom is -0.377 e. The van der Waals surface area contributed by atoms with Gasteiger partial charge >= 0.3 is 0 Å². The van der Waals surface area contributed by atoms with Crippen molar-refractivity contribution in [1.29, 1.82) is 0 Å². The number of ether oxygens (including phenoxy) is 1. The predicted octanol–water partition coefficient (Wildman–Crippen LogP) is 1.72. The Bertz CT molecular complexity index is 553. The maximum Gasteiger partial charge on any atom is 0.210 e. The number of hydrogen-bond donors (Lipinski definition) is 1. The zero-order chi connectivity index (χ0) is 13.8. The van der Waals surface area contributed by atoms with Gasteiger partial charge in [0.25, 0.3) is 0 Å². The summed E-state index contributed by atoms with van der Waals surface area (Å²) in [4.78, 5) is 3.98. The van der Waals surface area contributed by atoms with E-state index in [0.29, 0.717) is 17.1 Å². The summed E-state index contributed by atoms with van der Waals surface area (Å²) in [5.41, 5.74) is 0.913. The van der Waals surface area contributed by atoms with E-state index in [1.54, 1.807) is 24.2 Å². The quantitative estimate of drug-likeness (QED) is 0.682. The third-order valence-corrected chi connectivity index (χ3v) is 4.35. The molecule has 7 heteroatoms. The maximum absolute atomic E-state index is 6.06. The molecule has 1 unspecified atom stereocenters. The lowest BCUT2D eigenvalue weighted by molar-refractivity contribution is 0.0315. The van der Waals surface area contributed by atoms with E-state index in [-0.39, 0.29) is 0 Å². The van der Waals surface area contributed by atoms with Crippen LogP contribution >= 0.6 is 11.8 Å². The fourth-order valence-corrected chi connectivity index (χ4v) is 3.10. The molecule has 1 aliphatic rings. The summed E-state index contributed by atoms with van der Waals surface area (Å²) in [6.45, 7) is 0.864. The van der Waals surface area contributed by atoms with Crippen molar-refractivity contribution in [2.75, 3.05) is 18.2 Å². The number of hydrogen-bond acceptors (Lipinski definition) is 6. The van der Waals surface area contributed by atoms with Crippen LogP contribution < -0.4 is 5.84 Å². The predicted molar refractivity (Wildman–Crippen MR) is 77.7 cm³/mol. The third-order valence-electron chi connectivity index (χ3n) is 3.28. The Hall–Kier alpha value is -1.60. The highest BCUT2D eigenvalue weighted by Gasteiger charge is 2.17. The Morgan fingerprint density at radius 2 is 2.15 bits per heavy atom. The summed E-state index contributed by atoms with van der Waals surface area (Å²) < 4.78 is 7.23. The number of thioether (sulfide) groups is 1. The van der Waals surface area contributed by atoms with Crippen LogP contribution in [0.15, 0.2) is 29.7 Å². The van der Waals surface area contributed by atoms with Crippen molar-refractivity contribution >= 4 is 11.8 Å². The first-order chi connectivity index (χ1) is 9.84. The molecular formula is C13H17N5OS. The highest BCUT2D eigenvalue weighted by molar-refractivity contribution is 7.99. The average Bonchev–Trinajstić information content (AvgIpc) is 2.88. The normalized spacial score (nSPS) is 19.1. The van der Waals surface area contributed by atoms with Crippen molar-refractivity contribution in [1.82, 2.24) is 19.9 Å². The molecule has 1 aliphatic heterocycles. The SMILES string of the molecule is Nn1c(SCC2CCCCO2)nnc1-c1ccncc1. The molecule has 2 N–H and O–H groups in total. The molecule has 1 fully saturated rings. The van der Waals surface area contributed by atoms with Crippen LogP contribution in [0.25, 0.3) is 11.4 Å². The monoisotopic (exact) mass is 291 g/mol. The van der Waals surface area contributed by atoms with Crippen LogP contribution in [-0.4, -0.2) is 38.3 Å². The Morgan fingerprint density at radius 3 is 2.90 bits per heavy atom. The molecule has 3 heterocycles. The molecule has 3 rings (SSSR count). The number of pyridine rings is 1. The fourth-order valence-electron chi connectivity index (χ4n) is 2.18. The van der Waals surface area contributed by atoms with Gasteiger partial charge in [-0.05, 0) is 31.4 Å². The van der Waals surface area contributed by atoms with Gasteiger partial charge in [-0.15, -0.1) is 10.2 Å². The van der Waals surface area contributed by atoms with Crippen LogP contribution in [0.3, 0.4) is 0 Å². The van der Waals surface area contributed by atoms with E-state index in [0.717, 1.165) is 24.3 Å². The first-order valence-electron chi connectivity index (χ1n) is 6.70. The van der Waals surface area contributed by atoms with Gasteiger partial charge in [-0.1, -0.05) is 11.8 Å². The maximum atomic E-state index is 6.06. The van der Waals surface area contributed by atoms with Gasteiger partial charge in [0.2, 0.25) is 5.16 Å². The smallest absolute Gasteiger partial charge is 0.210 e. The topological polar surface area (TPSA) is 78.9 Å². The Morgan fingerprint density at radius 1 is 1.30 bits per heavy atom. The fraction of sp³-hybridized carbons (Fsp3) is 0.462. The van der Waals surface area contributed by atoms with Gasteiger partial charge in [0.1, 0.15) is 0 Å². The zero-order valence-electron chi connectivity index (χ0n) is 11.1. The lowest BCUT2D eigenvalue weighted by Crippen LogP contribution is -2.22. The molecule has 0 saturated carbocycles. The van der Waals surface area contributed by atoms with E-state index in [1.807, 2.05) is 12.1 Å².